The van der Waals surface area contributed by atoms with Crippen molar-refractivity contribution in [1.29, 1.82) is 0 Å². The molecule has 2 aromatic rings. The number of nitrogens with one attached hydrogen (secondary N) is 2. The largest absolute Gasteiger partial charge is 0.469 e. The highest BCUT2D eigenvalue weighted by molar-refractivity contribution is 6.31. The van der Waals surface area contributed by atoms with Gasteiger partial charge in [0, 0.05) is 73.0 Å². The molecule has 0 unspecified atom stereocenters. The van der Waals surface area contributed by atoms with Gasteiger partial charge in [0.2, 0.25) is 0 Å². The zero-order chi connectivity index (χ0) is 35.8. The van der Waals surface area contributed by atoms with Crippen LogP contribution in [0, 0.1) is 46.3 Å². The van der Waals surface area contributed by atoms with E-state index in [0.717, 1.165) is 81.0 Å². The first-order valence-electron chi connectivity index (χ1n) is 18.8. The number of aromatic nitrogens is 1. The number of rotatable bonds is 11. The van der Waals surface area contributed by atoms with E-state index in [4.69, 9.17) is 25.8 Å². The molecule has 1 aromatic carbocycles. The Labute approximate surface area is 302 Å². The number of halogens is 1. The molecule has 11 atom stereocenters. The lowest BCUT2D eigenvalue weighted by molar-refractivity contribution is -0.220. The van der Waals surface area contributed by atoms with Gasteiger partial charge >= 0.3 is 17.9 Å². The van der Waals surface area contributed by atoms with E-state index in [1.165, 1.54) is 21.0 Å². The molecule has 2 N–H and O–H groups in total. The number of carbonyl (C=O) groups excluding carboxylic acids is 3. The van der Waals surface area contributed by atoms with Crippen LogP contribution in [-0.4, -0.2) is 61.3 Å². The van der Waals surface area contributed by atoms with Crippen molar-refractivity contribution in [3.8, 4) is 0 Å². The Balaban J connectivity index is 1.17. The minimum absolute atomic E-state index is 0.0588. The third-order valence-corrected chi connectivity index (χ3v) is 14.0. The molecule has 0 aliphatic heterocycles. The zero-order valence-electron chi connectivity index (χ0n) is 30.6. The Hall–Kier alpha value is -2.91. The molecule has 0 spiro atoms. The highest BCUT2D eigenvalue weighted by Crippen LogP contribution is 2.69. The lowest BCUT2D eigenvalue weighted by Gasteiger charge is -2.64. The van der Waals surface area contributed by atoms with E-state index >= 15 is 0 Å². The van der Waals surface area contributed by atoms with E-state index in [-0.39, 0.29) is 64.6 Å². The predicted octanol–water partition coefficient (Wildman–Crippen LogP) is 7.59. The number of fused-ring (bicyclic) bond motifs is 6. The number of hydrogen-bond donors (Lipinski definition) is 2. The number of nitrogens with zero attached hydrogens (tertiary/aromatic N) is 1. The summed E-state index contributed by atoms with van der Waals surface area (Å²) in [6.45, 7) is 11.7. The number of esters is 3. The Morgan fingerprint density at radius 2 is 1.78 bits per heavy atom. The lowest BCUT2D eigenvalue weighted by atomic mass is 9.43. The third-order valence-electron chi connectivity index (χ3n) is 13.7. The van der Waals surface area contributed by atoms with Gasteiger partial charge in [0.15, 0.2) is 0 Å². The van der Waals surface area contributed by atoms with Crippen LogP contribution >= 0.6 is 11.6 Å². The monoisotopic (exact) mass is 709 g/mol. The van der Waals surface area contributed by atoms with Crippen molar-refractivity contribution in [2.75, 3.05) is 25.5 Å². The van der Waals surface area contributed by atoms with Gasteiger partial charge in [0.25, 0.3) is 0 Å². The van der Waals surface area contributed by atoms with Crippen molar-refractivity contribution < 1.29 is 28.6 Å². The average molecular weight is 710 g/mol. The second kappa shape index (κ2) is 15.0. The second-order valence-electron chi connectivity index (χ2n) is 16.2. The highest BCUT2D eigenvalue weighted by Gasteiger charge is 2.67. The number of carbonyl (C=O) groups is 3. The summed E-state index contributed by atoms with van der Waals surface area (Å²) >= 11 is 6.18. The molecule has 0 amide bonds. The Kier molecular flexibility index (Phi) is 11.0. The molecule has 4 saturated carbocycles. The van der Waals surface area contributed by atoms with E-state index in [2.05, 4.69) is 36.4 Å². The topological polar surface area (TPSA) is 116 Å². The Bertz CT molecular complexity index is 1570. The summed E-state index contributed by atoms with van der Waals surface area (Å²) in [5.41, 5.74) is 1.72. The van der Waals surface area contributed by atoms with Crippen molar-refractivity contribution in [1.82, 2.24) is 10.3 Å². The fourth-order valence-electron chi connectivity index (χ4n) is 11.4. The number of anilines is 1. The Morgan fingerprint density at radius 1 is 1.00 bits per heavy atom. The third kappa shape index (κ3) is 7.10. The summed E-state index contributed by atoms with van der Waals surface area (Å²) in [4.78, 5) is 41.8. The Morgan fingerprint density at radius 3 is 2.52 bits per heavy atom. The molecular weight excluding hydrogens is 654 g/mol. The van der Waals surface area contributed by atoms with Gasteiger partial charge in [0.05, 0.1) is 12.6 Å². The van der Waals surface area contributed by atoms with E-state index in [1.807, 2.05) is 30.5 Å². The maximum atomic E-state index is 12.7. The molecule has 6 rings (SSSR count). The summed E-state index contributed by atoms with van der Waals surface area (Å²) in [6.07, 6.45) is 9.44. The molecule has 9 nitrogen and oxygen atoms in total. The summed E-state index contributed by atoms with van der Waals surface area (Å²) < 4.78 is 17.6. The van der Waals surface area contributed by atoms with Crippen LogP contribution in [0.5, 0.6) is 0 Å². The van der Waals surface area contributed by atoms with Gasteiger partial charge in [-0.1, -0.05) is 32.4 Å². The molecule has 50 heavy (non-hydrogen) atoms. The number of hydrogen-bond acceptors (Lipinski definition) is 9. The van der Waals surface area contributed by atoms with E-state index < -0.39 is 0 Å². The highest BCUT2D eigenvalue weighted by atomic mass is 35.5. The number of benzene rings is 1. The summed E-state index contributed by atoms with van der Waals surface area (Å²) in [5.74, 6) is 1.08. The SMILES string of the molecule is COC(=O)CC[C@@H](C)[C@H]1CC[C@H]2[C@@H]3[C@H](OC(C)=O)C[C@@H]4C[C@@H](NCCNc5ccnc6cc(Cl)ccc56)CC[C@]4(C)[C@H]3C[C@H](OC(C)=O)[C@]12C. The molecule has 1 heterocycles. The van der Waals surface area contributed by atoms with Crippen LogP contribution < -0.4 is 10.6 Å². The molecule has 0 bridgehead atoms. The lowest BCUT2D eigenvalue weighted by Crippen LogP contribution is -2.64. The zero-order valence-corrected chi connectivity index (χ0v) is 31.4. The van der Waals surface area contributed by atoms with Crippen molar-refractivity contribution in [3.05, 3.63) is 35.5 Å². The minimum atomic E-state index is -0.262. The van der Waals surface area contributed by atoms with Gasteiger partial charge in [-0.15, -0.1) is 0 Å². The fraction of sp³-hybridized carbons (Fsp3) is 0.700. The molecular formula is C40H56ClN3O6. The van der Waals surface area contributed by atoms with Crippen molar-refractivity contribution in [3.63, 3.8) is 0 Å². The van der Waals surface area contributed by atoms with Crippen LogP contribution in [0.1, 0.15) is 92.4 Å². The van der Waals surface area contributed by atoms with Gasteiger partial charge in [-0.05, 0) is 111 Å². The standard InChI is InChI=1S/C40H56ClN3O6/c1-23(7-12-37(47)48-6)30-10-11-31-38-32(22-36(40(30,31)5)50-25(3)46)39(4)15-13-28(19-26(39)20-35(38)49-24(2)45)42-17-18-44-33-14-16-43-34-21-27(41)8-9-29(33)34/h8-9,14,16,21,23,26,28,30-32,35-36,38,42H,7,10-13,15,17-20,22H2,1-6H3,(H,43,44)/t23-,26+,28+,30-,31+,32+,35-,36+,38+,39+,40-/m1/s1. The fourth-order valence-corrected chi connectivity index (χ4v) is 11.6. The van der Waals surface area contributed by atoms with Crippen LogP contribution in [0.2, 0.25) is 5.02 Å². The van der Waals surface area contributed by atoms with Gasteiger partial charge in [-0.3, -0.25) is 19.4 Å². The van der Waals surface area contributed by atoms with Crippen LogP contribution in [-0.2, 0) is 28.6 Å². The number of pyridine rings is 1. The first-order valence-corrected chi connectivity index (χ1v) is 19.2. The summed E-state index contributed by atoms with van der Waals surface area (Å²) in [6, 6.07) is 8.17. The normalized spacial score (nSPS) is 35.3. The van der Waals surface area contributed by atoms with Crippen molar-refractivity contribution in [2.45, 2.75) is 111 Å². The maximum absolute atomic E-state index is 12.7. The van der Waals surface area contributed by atoms with Crippen molar-refractivity contribution in [2.24, 2.45) is 46.3 Å². The molecule has 4 fully saturated rings. The summed E-state index contributed by atoms with van der Waals surface area (Å²) in [7, 11) is 1.44. The van der Waals surface area contributed by atoms with Crippen molar-refractivity contribution >= 4 is 46.1 Å². The molecule has 10 heteroatoms. The van der Waals surface area contributed by atoms with Gasteiger partial charge in [0.1, 0.15) is 12.2 Å². The predicted molar refractivity (Wildman–Crippen MR) is 195 cm³/mol. The number of methoxy groups -OCH3 is 1. The van der Waals surface area contributed by atoms with Gasteiger partial charge in [-0.25, -0.2) is 0 Å². The first-order chi connectivity index (χ1) is 23.8. The van der Waals surface area contributed by atoms with E-state index in [0.29, 0.717) is 29.3 Å². The molecule has 0 saturated heterocycles. The molecule has 1 aromatic heterocycles. The quantitative estimate of drug-likeness (QED) is 0.138. The van der Waals surface area contributed by atoms with Crippen LogP contribution in [0.3, 0.4) is 0 Å². The van der Waals surface area contributed by atoms with Crippen LogP contribution in [0.25, 0.3) is 10.9 Å². The van der Waals surface area contributed by atoms with Gasteiger partial charge < -0.3 is 24.8 Å². The van der Waals surface area contributed by atoms with Crippen LogP contribution in [0.15, 0.2) is 30.5 Å². The maximum Gasteiger partial charge on any atom is 0.305 e. The second-order valence-corrected chi connectivity index (χ2v) is 16.7. The molecule has 4 aliphatic rings. The van der Waals surface area contributed by atoms with E-state index in [1.54, 1.807) is 0 Å². The summed E-state index contributed by atoms with van der Waals surface area (Å²) in [5, 5.41) is 9.15. The first kappa shape index (κ1) is 36.9. The van der Waals surface area contributed by atoms with Gasteiger partial charge in [-0.2, -0.15) is 0 Å². The molecule has 0 radical (unpaired) electrons. The van der Waals surface area contributed by atoms with E-state index in [9.17, 15) is 14.4 Å². The molecule has 274 valence electrons. The molecule has 4 aliphatic carbocycles. The minimum Gasteiger partial charge on any atom is -0.469 e. The number of ether oxygens (including phenoxy) is 3. The van der Waals surface area contributed by atoms with Crippen LogP contribution in [0.4, 0.5) is 5.69 Å². The smallest absolute Gasteiger partial charge is 0.305 e. The average Bonchev–Trinajstić information content (AvgIpc) is 3.43.